The summed E-state index contributed by atoms with van der Waals surface area (Å²) in [6.07, 6.45) is 0.888. The Labute approximate surface area is 115 Å². The van der Waals surface area contributed by atoms with E-state index >= 15 is 0 Å². The molecule has 1 aromatic carbocycles. The third-order valence-electron chi connectivity index (χ3n) is 3.52. The minimum Gasteiger partial charge on any atom is -0.496 e. The summed E-state index contributed by atoms with van der Waals surface area (Å²) in [5.41, 5.74) is 3.53. The standard InChI is InChI=1S/C15H25NO3/c1-11-7-13(8-12(2)15(11)19-4)5-6-16(3)14(9-17)10-18/h7-8,14,17-18H,5-6,9-10H2,1-4H3. The van der Waals surface area contributed by atoms with Gasteiger partial charge in [-0.3, -0.25) is 4.90 Å². The van der Waals surface area contributed by atoms with E-state index in [0.29, 0.717) is 0 Å². The van der Waals surface area contributed by atoms with Gasteiger partial charge in [-0.05, 0) is 44.0 Å². The zero-order chi connectivity index (χ0) is 14.4. The number of aryl methyl sites for hydroxylation is 2. The minimum atomic E-state index is -0.180. The van der Waals surface area contributed by atoms with Gasteiger partial charge in [0.25, 0.3) is 0 Å². The van der Waals surface area contributed by atoms with Crippen molar-refractivity contribution in [2.45, 2.75) is 26.3 Å². The SMILES string of the molecule is COc1c(C)cc(CCN(C)C(CO)CO)cc1C. The number of rotatable bonds is 7. The van der Waals surface area contributed by atoms with Crippen molar-refractivity contribution in [2.75, 3.05) is 33.9 Å². The average molecular weight is 267 g/mol. The maximum Gasteiger partial charge on any atom is 0.124 e. The molecule has 0 spiro atoms. The van der Waals surface area contributed by atoms with E-state index in [0.717, 1.165) is 29.8 Å². The number of hydrogen-bond donors (Lipinski definition) is 2. The number of methoxy groups -OCH3 is 1. The number of ether oxygens (including phenoxy) is 1. The van der Waals surface area contributed by atoms with Gasteiger partial charge in [-0.1, -0.05) is 12.1 Å². The van der Waals surface area contributed by atoms with Crippen molar-refractivity contribution >= 4 is 0 Å². The summed E-state index contributed by atoms with van der Waals surface area (Å²) >= 11 is 0. The average Bonchev–Trinajstić information content (AvgIpc) is 2.37. The fraction of sp³-hybridized carbons (Fsp3) is 0.600. The Kier molecular flexibility index (Phi) is 6.28. The topological polar surface area (TPSA) is 52.9 Å². The third kappa shape index (κ3) is 4.20. The van der Waals surface area contributed by atoms with E-state index in [4.69, 9.17) is 14.9 Å². The smallest absolute Gasteiger partial charge is 0.124 e. The molecule has 0 unspecified atom stereocenters. The van der Waals surface area contributed by atoms with E-state index in [2.05, 4.69) is 12.1 Å². The zero-order valence-electron chi connectivity index (χ0n) is 12.3. The van der Waals surface area contributed by atoms with Crippen LogP contribution in [0.4, 0.5) is 0 Å². The van der Waals surface area contributed by atoms with Crippen LogP contribution < -0.4 is 4.74 Å². The van der Waals surface area contributed by atoms with Crippen molar-refractivity contribution in [3.8, 4) is 5.75 Å². The first kappa shape index (κ1) is 16.0. The van der Waals surface area contributed by atoms with Crippen LogP contribution in [0.3, 0.4) is 0 Å². The summed E-state index contributed by atoms with van der Waals surface area (Å²) in [5.74, 6) is 0.945. The summed E-state index contributed by atoms with van der Waals surface area (Å²) in [6, 6.07) is 4.08. The zero-order valence-corrected chi connectivity index (χ0v) is 12.3. The highest BCUT2D eigenvalue weighted by Crippen LogP contribution is 2.24. The molecule has 2 N–H and O–H groups in total. The molecular formula is C15H25NO3. The monoisotopic (exact) mass is 267 g/mol. The molecule has 0 aliphatic rings. The highest BCUT2D eigenvalue weighted by atomic mass is 16.5. The van der Waals surface area contributed by atoms with Gasteiger partial charge in [-0.2, -0.15) is 0 Å². The van der Waals surface area contributed by atoms with Gasteiger partial charge in [-0.15, -0.1) is 0 Å². The lowest BCUT2D eigenvalue weighted by atomic mass is 10.0. The first-order valence-electron chi connectivity index (χ1n) is 6.59. The second kappa shape index (κ2) is 7.48. The Morgan fingerprint density at radius 3 is 2.11 bits per heavy atom. The van der Waals surface area contributed by atoms with Crippen molar-refractivity contribution in [2.24, 2.45) is 0 Å². The molecular weight excluding hydrogens is 242 g/mol. The van der Waals surface area contributed by atoms with Crippen LogP contribution in [-0.2, 0) is 6.42 Å². The number of aliphatic hydroxyl groups is 2. The molecule has 0 aromatic heterocycles. The van der Waals surface area contributed by atoms with Gasteiger partial charge < -0.3 is 14.9 Å². The molecule has 19 heavy (non-hydrogen) atoms. The van der Waals surface area contributed by atoms with E-state index in [1.54, 1.807) is 7.11 Å². The third-order valence-corrected chi connectivity index (χ3v) is 3.52. The number of likely N-dealkylation sites (N-methyl/N-ethyl adjacent to an activating group) is 1. The van der Waals surface area contributed by atoms with Crippen LogP contribution in [0.25, 0.3) is 0 Å². The van der Waals surface area contributed by atoms with Crippen molar-refractivity contribution in [1.29, 1.82) is 0 Å². The molecule has 4 heteroatoms. The summed E-state index contributed by atoms with van der Waals surface area (Å²) in [7, 11) is 3.61. The molecule has 0 amide bonds. The van der Waals surface area contributed by atoms with E-state index in [1.165, 1.54) is 5.56 Å². The predicted octanol–water partition coefficient (Wildman–Crippen LogP) is 1.14. The lowest BCUT2D eigenvalue weighted by Gasteiger charge is -2.24. The van der Waals surface area contributed by atoms with Gasteiger partial charge in [0.05, 0.1) is 26.4 Å². The molecule has 0 aliphatic carbocycles. The van der Waals surface area contributed by atoms with E-state index in [1.807, 2.05) is 25.8 Å². The summed E-state index contributed by atoms with van der Waals surface area (Å²) < 4.78 is 5.35. The maximum atomic E-state index is 9.13. The number of hydrogen-bond acceptors (Lipinski definition) is 4. The van der Waals surface area contributed by atoms with E-state index < -0.39 is 0 Å². The van der Waals surface area contributed by atoms with Crippen molar-refractivity contribution in [3.63, 3.8) is 0 Å². The molecule has 0 radical (unpaired) electrons. The molecule has 0 saturated carbocycles. The van der Waals surface area contributed by atoms with Gasteiger partial charge in [0.2, 0.25) is 0 Å². The molecule has 0 aliphatic heterocycles. The highest BCUT2D eigenvalue weighted by Gasteiger charge is 2.12. The molecule has 0 saturated heterocycles. The first-order valence-corrected chi connectivity index (χ1v) is 6.59. The largest absolute Gasteiger partial charge is 0.496 e. The predicted molar refractivity (Wildman–Crippen MR) is 76.8 cm³/mol. The minimum absolute atomic E-state index is 0.0202. The second-order valence-corrected chi connectivity index (χ2v) is 5.01. The summed E-state index contributed by atoms with van der Waals surface area (Å²) in [4.78, 5) is 1.98. The lowest BCUT2D eigenvalue weighted by Crippen LogP contribution is -2.38. The van der Waals surface area contributed by atoms with Gasteiger partial charge in [-0.25, -0.2) is 0 Å². The van der Waals surface area contributed by atoms with Gasteiger partial charge >= 0.3 is 0 Å². The number of aliphatic hydroxyl groups excluding tert-OH is 2. The number of benzene rings is 1. The molecule has 0 atom stereocenters. The van der Waals surface area contributed by atoms with E-state index in [9.17, 15) is 0 Å². The fourth-order valence-corrected chi connectivity index (χ4v) is 2.33. The lowest BCUT2D eigenvalue weighted by molar-refractivity contribution is 0.0925. The Bertz CT molecular complexity index is 379. The first-order chi connectivity index (χ1) is 9.03. The highest BCUT2D eigenvalue weighted by molar-refractivity contribution is 5.43. The fourth-order valence-electron chi connectivity index (χ4n) is 2.33. The Hall–Kier alpha value is -1.10. The Morgan fingerprint density at radius 2 is 1.68 bits per heavy atom. The van der Waals surface area contributed by atoms with Gasteiger partial charge in [0.1, 0.15) is 5.75 Å². The molecule has 0 heterocycles. The normalized spacial score (nSPS) is 11.4. The molecule has 1 aromatic rings. The summed E-state index contributed by atoms with van der Waals surface area (Å²) in [6.45, 7) is 4.85. The molecule has 1 rings (SSSR count). The molecule has 0 bridgehead atoms. The van der Waals surface area contributed by atoms with Crippen LogP contribution in [0, 0.1) is 13.8 Å². The second-order valence-electron chi connectivity index (χ2n) is 5.01. The molecule has 4 nitrogen and oxygen atoms in total. The van der Waals surface area contributed by atoms with Crippen molar-refractivity contribution < 1.29 is 14.9 Å². The molecule has 108 valence electrons. The van der Waals surface area contributed by atoms with Crippen LogP contribution >= 0.6 is 0 Å². The van der Waals surface area contributed by atoms with Crippen LogP contribution in [0.1, 0.15) is 16.7 Å². The van der Waals surface area contributed by atoms with Gasteiger partial charge in [0, 0.05) is 6.54 Å². The van der Waals surface area contributed by atoms with Crippen molar-refractivity contribution in [1.82, 2.24) is 4.90 Å². The van der Waals surface area contributed by atoms with Crippen molar-refractivity contribution in [3.05, 3.63) is 28.8 Å². The molecule has 0 fully saturated rings. The van der Waals surface area contributed by atoms with Crippen LogP contribution in [-0.4, -0.2) is 55.1 Å². The maximum absolute atomic E-state index is 9.13. The quantitative estimate of drug-likeness (QED) is 0.778. The van der Waals surface area contributed by atoms with E-state index in [-0.39, 0.29) is 19.3 Å². The Morgan fingerprint density at radius 1 is 1.16 bits per heavy atom. The number of nitrogens with zero attached hydrogens (tertiary/aromatic N) is 1. The van der Waals surface area contributed by atoms with Crippen LogP contribution in [0.5, 0.6) is 5.75 Å². The van der Waals surface area contributed by atoms with Crippen LogP contribution in [0.15, 0.2) is 12.1 Å². The summed E-state index contributed by atoms with van der Waals surface area (Å²) in [5, 5.41) is 18.3. The van der Waals surface area contributed by atoms with Crippen LogP contribution in [0.2, 0.25) is 0 Å². The van der Waals surface area contributed by atoms with Gasteiger partial charge in [0.15, 0.2) is 0 Å². The Balaban J connectivity index is 2.68.